The summed E-state index contributed by atoms with van der Waals surface area (Å²) in [7, 11) is 0. The van der Waals surface area contributed by atoms with Gasteiger partial charge in [0.15, 0.2) is 0 Å². The van der Waals surface area contributed by atoms with Gasteiger partial charge in [0, 0.05) is 12.1 Å². The van der Waals surface area contributed by atoms with Crippen LogP contribution in [-0.2, 0) is 6.54 Å². The van der Waals surface area contributed by atoms with Crippen molar-refractivity contribution in [1.29, 1.82) is 0 Å². The number of benzene rings is 1. The maximum absolute atomic E-state index is 11.8. The van der Waals surface area contributed by atoms with Crippen LogP contribution in [0.3, 0.4) is 0 Å². The largest absolute Gasteiger partial charge is 0.304 e. The van der Waals surface area contributed by atoms with Gasteiger partial charge in [-0.15, -0.1) is 0 Å². The summed E-state index contributed by atoms with van der Waals surface area (Å²) in [5, 5.41) is 10.8. The van der Waals surface area contributed by atoms with E-state index >= 15 is 0 Å². The number of hydrogen-bond acceptors (Lipinski definition) is 3. The molecule has 5 heteroatoms. The van der Waals surface area contributed by atoms with Crippen molar-refractivity contribution < 1.29 is 4.92 Å². The summed E-state index contributed by atoms with van der Waals surface area (Å²) in [6.07, 6.45) is 1.29. The summed E-state index contributed by atoms with van der Waals surface area (Å²) in [5.41, 5.74) is 4.04. The van der Waals surface area contributed by atoms with Gasteiger partial charge in [0.25, 0.3) is 11.2 Å². The van der Waals surface area contributed by atoms with Gasteiger partial charge in [-0.1, -0.05) is 17.7 Å². The average molecular weight is 272 g/mol. The predicted octanol–water partition coefficient (Wildman–Crippen LogP) is 2.73. The first-order valence-corrected chi connectivity index (χ1v) is 6.30. The maximum Gasteiger partial charge on any atom is 0.285 e. The summed E-state index contributed by atoms with van der Waals surface area (Å²) < 4.78 is 1.38. The van der Waals surface area contributed by atoms with Gasteiger partial charge >= 0.3 is 0 Å². The van der Waals surface area contributed by atoms with E-state index in [1.807, 2.05) is 32.9 Å². The second-order valence-electron chi connectivity index (χ2n) is 4.99. The molecule has 0 radical (unpaired) electrons. The molecule has 1 heterocycles. The molecule has 0 bridgehead atoms. The fraction of sp³-hybridized carbons (Fsp3) is 0.267. The number of pyridine rings is 1. The maximum atomic E-state index is 11.8. The van der Waals surface area contributed by atoms with Crippen molar-refractivity contribution in [3.63, 3.8) is 0 Å². The second-order valence-corrected chi connectivity index (χ2v) is 4.99. The Hall–Kier alpha value is -2.43. The van der Waals surface area contributed by atoms with Crippen LogP contribution in [0.25, 0.3) is 0 Å². The Bertz CT molecular complexity index is 709. The van der Waals surface area contributed by atoms with Gasteiger partial charge in [-0.3, -0.25) is 14.9 Å². The van der Waals surface area contributed by atoms with E-state index in [1.54, 1.807) is 0 Å². The Labute approximate surface area is 116 Å². The number of nitrogens with zero attached hydrogens (tertiary/aromatic N) is 2. The molecule has 20 heavy (non-hydrogen) atoms. The quantitative estimate of drug-likeness (QED) is 0.637. The van der Waals surface area contributed by atoms with E-state index in [4.69, 9.17) is 0 Å². The first-order valence-electron chi connectivity index (χ1n) is 6.30. The van der Waals surface area contributed by atoms with E-state index in [0.717, 1.165) is 22.3 Å². The molecule has 0 spiro atoms. The first-order chi connectivity index (χ1) is 9.38. The van der Waals surface area contributed by atoms with Gasteiger partial charge in [-0.25, -0.2) is 0 Å². The van der Waals surface area contributed by atoms with E-state index in [2.05, 4.69) is 0 Å². The first kappa shape index (κ1) is 14.0. The molecular weight excluding hydrogens is 256 g/mol. The fourth-order valence-electron chi connectivity index (χ4n) is 2.38. The zero-order valence-electron chi connectivity index (χ0n) is 11.7. The van der Waals surface area contributed by atoms with E-state index in [1.165, 1.54) is 22.9 Å². The Kier molecular flexibility index (Phi) is 3.70. The number of hydrogen-bond donors (Lipinski definition) is 0. The lowest BCUT2D eigenvalue weighted by molar-refractivity contribution is -0.385. The minimum atomic E-state index is -0.495. The number of aromatic nitrogens is 1. The highest BCUT2D eigenvalue weighted by Gasteiger charge is 2.10. The van der Waals surface area contributed by atoms with Crippen LogP contribution in [-0.4, -0.2) is 9.49 Å². The molecule has 0 fully saturated rings. The van der Waals surface area contributed by atoms with Gasteiger partial charge in [0.2, 0.25) is 0 Å². The van der Waals surface area contributed by atoms with E-state index in [0.29, 0.717) is 6.54 Å². The molecular formula is C15H16N2O3. The lowest BCUT2D eigenvalue weighted by atomic mass is 10.00. The zero-order valence-corrected chi connectivity index (χ0v) is 11.7. The molecule has 2 aromatic rings. The molecule has 1 aromatic heterocycles. The van der Waals surface area contributed by atoms with Crippen molar-refractivity contribution in [2.24, 2.45) is 0 Å². The topological polar surface area (TPSA) is 65.1 Å². The molecule has 0 saturated carbocycles. The minimum Gasteiger partial charge on any atom is -0.304 e. The van der Waals surface area contributed by atoms with Crippen LogP contribution in [0, 0.1) is 30.9 Å². The number of nitro groups is 1. The molecule has 1 aromatic carbocycles. The Morgan fingerprint density at radius 2 is 1.75 bits per heavy atom. The predicted molar refractivity (Wildman–Crippen MR) is 77.1 cm³/mol. The van der Waals surface area contributed by atoms with Crippen LogP contribution < -0.4 is 5.56 Å². The standard InChI is InChI=1S/C15H16N2O3/c1-10-6-11(2)14(12(3)7-10)9-16-8-13(17(19)20)4-5-15(16)18/h4-8H,9H2,1-3H3. The number of rotatable bonds is 3. The van der Waals surface area contributed by atoms with Crippen LogP contribution in [0.15, 0.2) is 35.3 Å². The lowest BCUT2D eigenvalue weighted by Crippen LogP contribution is -2.20. The summed E-state index contributed by atoms with van der Waals surface area (Å²) >= 11 is 0. The lowest BCUT2D eigenvalue weighted by Gasteiger charge is -2.12. The van der Waals surface area contributed by atoms with Crippen molar-refractivity contribution in [1.82, 2.24) is 4.57 Å². The third kappa shape index (κ3) is 2.77. The van der Waals surface area contributed by atoms with Gasteiger partial charge in [0.1, 0.15) is 0 Å². The minimum absolute atomic E-state index is 0.0768. The van der Waals surface area contributed by atoms with E-state index in [9.17, 15) is 14.9 Å². The molecule has 0 atom stereocenters. The highest BCUT2D eigenvalue weighted by atomic mass is 16.6. The summed E-state index contributed by atoms with van der Waals surface area (Å²) in [6.45, 7) is 6.33. The SMILES string of the molecule is Cc1cc(C)c(Cn2cc([N+](=O)[O-])ccc2=O)c(C)c1. The molecule has 0 amide bonds. The van der Waals surface area contributed by atoms with E-state index < -0.39 is 4.92 Å². The highest BCUT2D eigenvalue weighted by molar-refractivity contribution is 5.38. The zero-order chi connectivity index (χ0) is 14.9. The fourth-order valence-corrected chi connectivity index (χ4v) is 2.38. The van der Waals surface area contributed by atoms with Crippen molar-refractivity contribution in [2.45, 2.75) is 27.3 Å². The Balaban J connectivity index is 2.47. The van der Waals surface area contributed by atoms with Crippen molar-refractivity contribution in [3.8, 4) is 0 Å². The monoisotopic (exact) mass is 272 g/mol. The highest BCUT2D eigenvalue weighted by Crippen LogP contribution is 2.18. The van der Waals surface area contributed by atoms with Crippen LogP contribution >= 0.6 is 0 Å². The molecule has 0 saturated heterocycles. The molecule has 2 rings (SSSR count). The van der Waals surface area contributed by atoms with Crippen LogP contribution in [0.1, 0.15) is 22.3 Å². The second kappa shape index (κ2) is 5.28. The van der Waals surface area contributed by atoms with Gasteiger partial charge in [0.05, 0.1) is 17.7 Å². The van der Waals surface area contributed by atoms with Gasteiger partial charge in [-0.2, -0.15) is 0 Å². The summed E-state index contributed by atoms with van der Waals surface area (Å²) in [4.78, 5) is 22.1. The molecule has 0 aliphatic carbocycles. The summed E-state index contributed by atoms with van der Waals surface area (Å²) in [6, 6.07) is 6.56. The van der Waals surface area contributed by atoms with Crippen LogP contribution in [0.5, 0.6) is 0 Å². The number of aryl methyl sites for hydroxylation is 3. The molecule has 0 aliphatic heterocycles. The van der Waals surface area contributed by atoms with Crippen molar-refractivity contribution >= 4 is 5.69 Å². The summed E-state index contributed by atoms with van der Waals surface area (Å²) in [5.74, 6) is 0. The molecule has 0 aliphatic rings. The molecule has 0 N–H and O–H groups in total. The molecule has 0 unspecified atom stereocenters. The molecule has 5 nitrogen and oxygen atoms in total. The Morgan fingerprint density at radius 3 is 2.30 bits per heavy atom. The molecule has 104 valence electrons. The normalized spacial score (nSPS) is 10.6. The third-order valence-corrected chi connectivity index (χ3v) is 3.35. The van der Waals surface area contributed by atoms with Crippen LogP contribution in [0.2, 0.25) is 0 Å². The Morgan fingerprint density at radius 1 is 1.15 bits per heavy atom. The van der Waals surface area contributed by atoms with Crippen LogP contribution in [0.4, 0.5) is 5.69 Å². The van der Waals surface area contributed by atoms with Gasteiger partial charge < -0.3 is 4.57 Å². The van der Waals surface area contributed by atoms with E-state index in [-0.39, 0.29) is 11.2 Å². The average Bonchev–Trinajstić information content (AvgIpc) is 2.35. The smallest absolute Gasteiger partial charge is 0.285 e. The van der Waals surface area contributed by atoms with Crippen molar-refractivity contribution in [2.75, 3.05) is 0 Å². The third-order valence-electron chi connectivity index (χ3n) is 3.35. The van der Waals surface area contributed by atoms with Gasteiger partial charge in [-0.05, 0) is 37.5 Å². The van der Waals surface area contributed by atoms with Crippen molar-refractivity contribution in [3.05, 3.63) is 73.2 Å².